The van der Waals surface area contributed by atoms with Gasteiger partial charge in [0, 0.05) is 13.2 Å². The summed E-state index contributed by atoms with van der Waals surface area (Å²) in [6.07, 6.45) is 6.80. The Labute approximate surface area is 85.0 Å². The molecule has 3 aromatic heterocycles. The van der Waals surface area contributed by atoms with Crippen LogP contribution in [0.4, 0.5) is 0 Å². The zero-order chi connectivity index (χ0) is 10.3. The standard InChI is InChI=1S/C9H8N6/c1-15-3-7(12-5-15)9-13-6-2-10-4-11-8(6)14-9/h2-5H,1H3,(H,10,11,13,14). The van der Waals surface area contributed by atoms with Gasteiger partial charge in [-0.3, -0.25) is 0 Å². The topological polar surface area (TPSA) is 72.3 Å². The highest BCUT2D eigenvalue weighted by atomic mass is 15.1. The van der Waals surface area contributed by atoms with E-state index in [1.54, 1.807) is 12.5 Å². The fourth-order valence-corrected chi connectivity index (χ4v) is 1.42. The summed E-state index contributed by atoms with van der Waals surface area (Å²) in [5, 5.41) is 0. The molecule has 0 saturated carbocycles. The van der Waals surface area contributed by atoms with E-state index in [-0.39, 0.29) is 0 Å². The molecular weight excluding hydrogens is 192 g/mol. The van der Waals surface area contributed by atoms with E-state index in [0.717, 1.165) is 11.2 Å². The largest absolute Gasteiger partial charge is 0.340 e. The van der Waals surface area contributed by atoms with Crippen LogP contribution in [0.5, 0.6) is 0 Å². The van der Waals surface area contributed by atoms with Crippen molar-refractivity contribution in [2.24, 2.45) is 7.05 Å². The van der Waals surface area contributed by atoms with Crippen LogP contribution in [-0.4, -0.2) is 29.5 Å². The van der Waals surface area contributed by atoms with Gasteiger partial charge >= 0.3 is 0 Å². The fraction of sp³-hybridized carbons (Fsp3) is 0.111. The lowest BCUT2D eigenvalue weighted by atomic mass is 10.5. The van der Waals surface area contributed by atoms with Crippen LogP contribution in [-0.2, 0) is 7.05 Å². The molecule has 3 rings (SSSR count). The average Bonchev–Trinajstić information content (AvgIpc) is 2.82. The van der Waals surface area contributed by atoms with Gasteiger partial charge < -0.3 is 9.55 Å². The van der Waals surface area contributed by atoms with Gasteiger partial charge in [-0.05, 0) is 0 Å². The van der Waals surface area contributed by atoms with Gasteiger partial charge in [0.2, 0.25) is 0 Å². The highest BCUT2D eigenvalue weighted by Gasteiger charge is 2.07. The first kappa shape index (κ1) is 8.10. The van der Waals surface area contributed by atoms with Gasteiger partial charge in [0.1, 0.15) is 17.5 Å². The fourth-order valence-electron chi connectivity index (χ4n) is 1.42. The maximum Gasteiger partial charge on any atom is 0.181 e. The summed E-state index contributed by atoms with van der Waals surface area (Å²) in [6, 6.07) is 0. The van der Waals surface area contributed by atoms with Crippen molar-refractivity contribution in [3.8, 4) is 11.5 Å². The number of aromatic nitrogens is 6. The molecule has 0 fully saturated rings. The third-order valence-electron chi connectivity index (χ3n) is 2.11. The van der Waals surface area contributed by atoms with E-state index in [2.05, 4.69) is 24.9 Å². The molecule has 6 heteroatoms. The van der Waals surface area contributed by atoms with Gasteiger partial charge in [-0.25, -0.2) is 19.9 Å². The third-order valence-corrected chi connectivity index (χ3v) is 2.11. The molecule has 6 nitrogen and oxygen atoms in total. The molecule has 0 atom stereocenters. The smallest absolute Gasteiger partial charge is 0.181 e. The molecule has 0 radical (unpaired) electrons. The molecule has 1 N–H and O–H groups in total. The van der Waals surface area contributed by atoms with Crippen LogP contribution in [0.3, 0.4) is 0 Å². The van der Waals surface area contributed by atoms with Gasteiger partial charge in [0.15, 0.2) is 11.5 Å². The number of imidazole rings is 2. The Hall–Kier alpha value is -2.24. The van der Waals surface area contributed by atoms with E-state index in [0.29, 0.717) is 11.5 Å². The molecule has 3 aromatic rings. The van der Waals surface area contributed by atoms with E-state index in [1.807, 2.05) is 17.8 Å². The van der Waals surface area contributed by atoms with Crippen LogP contribution in [0.1, 0.15) is 0 Å². The minimum absolute atomic E-state index is 0.658. The molecule has 0 aliphatic carbocycles. The quantitative estimate of drug-likeness (QED) is 0.629. The summed E-state index contributed by atoms with van der Waals surface area (Å²) in [7, 11) is 1.92. The monoisotopic (exact) mass is 200 g/mol. The van der Waals surface area contributed by atoms with E-state index in [4.69, 9.17) is 0 Å². The number of rotatable bonds is 1. The first-order valence-electron chi connectivity index (χ1n) is 4.47. The second-order valence-electron chi connectivity index (χ2n) is 3.27. The summed E-state index contributed by atoms with van der Waals surface area (Å²) in [5.74, 6) is 0.714. The van der Waals surface area contributed by atoms with Crippen molar-refractivity contribution in [2.45, 2.75) is 0 Å². The van der Waals surface area contributed by atoms with E-state index < -0.39 is 0 Å². The number of fused-ring (bicyclic) bond motifs is 1. The number of nitrogens with one attached hydrogen (secondary N) is 1. The SMILES string of the molecule is Cn1cnc(-c2nc3ncncc3[nH]2)c1. The first-order valence-corrected chi connectivity index (χ1v) is 4.47. The molecule has 15 heavy (non-hydrogen) atoms. The minimum atomic E-state index is 0.658. The molecular formula is C9H8N6. The Morgan fingerprint density at radius 3 is 3.00 bits per heavy atom. The lowest BCUT2D eigenvalue weighted by Gasteiger charge is -1.86. The number of nitrogens with zero attached hydrogens (tertiary/aromatic N) is 5. The van der Waals surface area contributed by atoms with Gasteiger partial charge in [-0.2, -0.15) is 0 Å². The second-order valence-corrected chi connectivity index (χ2v) is 3.27. The maximum absolute atomic E-state index is 4.31. The van der Waals surface area contributed by atoms with Gasteiger partial charge in [-0.15, -0.1) is 0 Å². The van der Waals surface area contributed by atoms with Crippen molar-refractivity contribution in [3.63, 3.8) is 0 Å². The predicted octanol–water partition coefficient (Wildman–Crippen LogP) is 0.753. The van der Waals surface area contributed by atoms with Crippen molar-refractivity contribution in [1.82, 2.24) is 29.5 Å². The van der Waals surface area contributed by atoms with Crippen molar-refractivity contribution in [1.29, 1.82) is 0 Å². The average molecular weight is 200 g/mol. The summed E-state index contributed by atoms with van der Waals surface area (Å²) < 4.78 is 1.87. The molecule has 3 heterocycles. The van der Waals surface area contributed by atoms with E-state index in [9.17, 15) is 0 Å². The van der Waals surface area contributed by atoms with Crippen molar-refractivity contribution in [2.75, 3.05) is 0 Å². The molecule has 0 bridgehead atoms. The molecule has 0 saturated heterocycles. The van der Waals surface area contributed by atoms with Crippen molar-refractivity contribution < 1.29 is 0 Å². The van der Waals surface area contributed by atoms with Crippen LogP contribution < -0.4 is 0 Å². The Bertz CT molecular complexity index is 575. The molecule has 0 amide bonds. The molecule has 0 aromatic carbocycles. The third kappa shape index (κ3) is 1.26. The van der Waals surface area contributed by atoms with Gasteiger partial charge in [0.25, 0.3) is 0 Å². The Morgan fingerprint density at radius 2 is 2.27 bits per heavy atom. The van der Waals surface area contributed by atoms with Crippen molar-refractivity contribution in [3.05, 3.63) is 25.0 Å². The lowest BCUT2D eigenvalue weighted by molar-refractivity contribution is 0.913. The Kier molecular flexibility index (Phi) is 1.55. The summed E-state index contributed by atoms with van der Waals surface area (Å²) in [5.41, 5.74) is 2.28. The van der Waals surface area contributed by atoms with Crippen LogP contribution >= 0.6 is 0 Å². The zero-order valence-corrected chi connectivity index (χ0v) is 8.05. The van der Waals surface area contributed by atoms with Crippen molar-refractivity contribution >= 4 is 11.2 Å². The Morgan fingerprint density at radius 1 is 1.33 bits per heavy atom. The number of hydrogen-bond donors (Lipinski definition) is 1. The Balaban J connectivity index is 2.19. The molecule has 0 unspecified atom stereocenters. The van der Waals surface area contributed by atoms with Gasteiger partial charge in [0.05, 0.1) is 12.5 Å². The highest BCUT2D eigenvalue weighted by Crippen LogP contribution is 2.15. The summed E-state index contributed by atoms with van der Waals surface area (Å²) >= 11 is 0. The normalized spacial score (nSPS) is 11.0. The zero-order valence-electron chi connectivity index (χ0n) is 8.05. The highest BCUT2D eigenvalue weighted by molar-refractivity contribution is 5.73. The number of hydrogen-bond acceptors (Lipinski definition) is 4. The summed E-state index contributed by atoms with van der Waals surface area (Å²) in [6.45, 7) is 0. The molecule has 0 aliphatic rings. The molecule has 0 spiro atoms. The second kappa shape index (κ2) is 2.88. The molecule has 74 valence electrons. The van der Waals surface area contributed by atoms with E-state index in [1.165, 1.54) is 6.33 Å². The van der Waals surface area contributed by atoms with Crippen LogP contribution in [0.15, 0.2) is 25.0 Å². The van der Waals surface area contributed by atoms with Gasteiger partial charge in [-0.1, -0.05) is 0 Å². The number of aryl methyl sites for hydroxylation is 1. The predicted molar refractivity (Wildman–Crippen MR) is 53.9 cm³/mol. The van der Waals surface area contributed by atoms with E-state index >= 15 is 0 Å². The summed E-state index contributed by atoms with van der Waals surface area (Å²) in [4.78, 5) is 19.6. The number of aromatic amines is 1. The van der Waals surface area contributed by atoms with Crippen LogP contribution in [0, 0.1) is 0 Å². The van der Waals surface area contributed by atoms with Crippen LogP contribution in [0.25, 0.3) is 22.7 Å². The molecule has 0 aliphatic heterocycles. The maximum atomic E-state index is 4.31. The minimum Gasteiger partial charge on any atom is -0.340 e. The first-order chi connectivity index (χ1) is 7.33. The number of H-pyrrole nitrogens is 1. The van der Waals surface area contributed by atoms with Crippen LogP contribution in [0.2, 0.25) is 0 Å². The lowest BCUT2D eigenvalue weighted by Crippen LogP contribution is -1.80.